The molecule has 0 saturated carbocycles. The van der Waals surface area contributed by atoms with Gasteiger partial charge in [0.05, 0.1) is 5.54 Å². The van der Waals surface area contributed by atoms with E-state index >= 15 is 0 Å². The van der Waals surface area contributed by atoms with Crippen molar-refractivity contribution in [3.8, 4) is 0 Å². The van der Waals surface area contributed by atoms with Gasteiger partial charge in [-0.15, -0.1) is 0 Å². The van der Waals surface area contributed by atoms with E-state index in [1.165, 1.54) is 23.1 Å². The third-order valence-electron chi connectivity index (χ3n) is 4.90. The highest BCUT2D eigenvalue weighted by atomic mass is 15.3. The van der Waals surface area contributed by atoms with Crippen LogP contribution in [-0.2, 0) is 6.42 Å². The van der Waals surface area contributed by atoms with Crippen LogP contribution >= 0.6 is 0 Å². The molecule has 0 aromatic heterocycles. The fourth-order valence-corrected chi connectivity index (χ4v) is 3.56. The lowest BCUT2D eigenvalue weighted by Crippen LogP contribution is -2.36. The molecule has 0 fully saturated rings. The van der Waals surface area contributed by atoms with E-state index in [0.29, 0.717) is 5.92 Å². The minimum absolute atomic E-state index is 0.000626. The molecule has 0 aliphatic carbocycles. The molecule has 0 N–H and O–H groups in total. The molecule has 2 aromatic rings. The minimum Gasteiger partial charge on any atom is -0.354 e. The molecular weight excluding hydrogens is 304 g/mol. The molecule has 0 radical (unpaired) electrons. The Kier molecular flexibility index (Phi) is 5.27. The molecule has 2 aromatic carbocycles. The zero-order valence-corrected chi connectivity index (χ0v) is 16.0. The highest BCUT2D eigenvalue weighted by Crippen LogP contribution is 2.25. The molecule has 1 aliphatic rings. The van der Waals surface area contributed by atoms with Crippen LogP contribution in [0.25, 0.3) is 0 Å². The van der Waals surface area contributed by atoms with Crippen molar-refractivity contribution in [3.63, 3.8) is 0 Å². The van der Waals surface area contributed by atoms with Crippen molar-refractivity contribution in [3.05, 3.63) is 71.3 Å². The van der Waals surface area contributed by atoms with Gasteiger partial charge in [0.15, 0.2) is 0 Å². The van der Waals surface area contributed by atoms with E-state index < -0.39 is 0 Å². The summed E-state index contributed by atoms with van der Waals surface area (Å²) >= 11 is 0. The largest absolute Gasteiger partial charge is 0.354 e. The average molecular weight is 335 g/mol. The van der Waals surface area contributed by atoms with Crippen LogP contribution in [0.3, 0.4) is 0 Å². The number of hydrogen-bond acceptors (Lipinski definition) is 2. The average Bonchev–Trinajstić information content (AvgIpc) is 2.89. The van der Waals surface area contributed by atoms with E-state index in [-0.39, 0.29) is 5.54 Å². The maximum atomic E-state index is 5.02. The maximum Gasteiger partial charge on any atom is 0.131 e. The summed E-state index contributed by atoms with van der Waals surface area (Å²) < 4.78 is 0. The summed E-state index contributed by atoms with van der Waals surface area (Å²) in [5.41, 5.74) is 3.97. The second kappa shape index (κ2) is 7.43. The van der Waals surface area contributed by atoms with Crippen LogP contribution in [0.15, 0.2) is 59.6 Å². The Labute approximate surface area is 152 Å². The van der Waals surface area contributed by atoms with Crippen molar-refractivity contribution < 1.29 is 0 Å². The number of nitrogens with zero attached hydrogens (tertiary/aromatic N) is 2. The summed E-state index contributed by atoms with van der Waals surface area (Å²) in [5.74, 6) is 1.81. The second-order valence-corrected chi connectivity index (χ2v) is 8.12. The molecule has 1 unspecified atom stereocenters. The normalized spacial score (nSPS) is 17.4. The molecule has 25 heavy (non-hydrogen) atoms. The van der Waals surface area contributed by atoms with Gasteiger partial charge in [-0.25, -0.2) is 0 Å². The number of aliphatic imine (C=N–C) groups is 1. The molecule has 1 heterocycles. The Morgan fingerprint density at radius 3 is 2.40 bits per heavy atom. The molecule has 0 saturated heterocycles. The number of aryl methyl sites for hydroxylation is 2. The van der Waals surface area contributed by atoms with E-state index in [9.17, 15) is 0 Å². The van der Waals surface area contributed by atoms with Crippen LogP contribution in [0.1, 0.15) is 43.9 Å². The van der Waals surface area contributed by atoms with Crippen LogP contribution < -0.4 is 0 Å². The first-order chi connectivity index (χ1) is 11.9. The summed E-state index contributed by atoms with van der Waals surface area (Å²) in [6.45, 7) is 11.0. The molecule has 0 spiro atoms. The van der Waals surface area contributed by atoms with Crippen molar-refractivity contribution >= 4 is 5.84 Å². The molecule has 3 rings (SSSR count). The third-order valence-corrected chi connectivity index (χ3v) is 4.90. The Hall–Kier alpha value is -2.09. The van der Waals surface area contributed by atoms with E-state index in [0.717, 1.165) is 25.3 Å². The predicted octanol–water partition coefficient (Wildman–Crippen LogP) is 5.10. The Morgan fingerprint density at radius 1 is 1.04 bits per heavy atom. The molecule has 132 valence electrons. The predicted molar refractivity (Wildman–Crippen MR) is 107 cm³/mol. The van der Waals surface area contributed by atoms with Crippen LogP contribution in [0.4, 0.5) is 0 Å². The van der Waals surface area contributed by atoms with Crippen molar-refractivity contribution in [1.29, 1.82) is 0 Å². The van der Waals surface area contributed by atoms with Gasteiger partial charge in [0.2, 0.25) is 0 Å². The van der Waals surface area contributed by atoms with Crippen molar-refractivity contribution in [2.45, 2.75) is 46.1 Å². The summed E-state index contributed by atoms with van der Waals surface area (Å²) in [5, 5.41) is 0. The first kappa shape index (κ1) is 17.7. The van der Waals surface area contributed by atoms with Gasteiger partial charge < -0.3 is 4.90 Å². The van der Waals surface area contributed by atoms with Gasteiger partial charge in [-0.1, -0.05) is 67.1 Å². The molecule has 0 bridgehead atoms. The van der Waals surface area contributed by atoms with E-state index in [4.69, 9.17) is 4.99 Å². The molecule has 0 amide bonds. The van der Waals surface area contributed by atoms with Gasteiger partial charge in [-0.2, -0.15) is 0 Å². The monoisotopic (exact) mass is 334 g/mol. The van der Waals surface area contributed by atoms with Crippen LogP contribution in [0.2, 0.25) is 0 Å². The fourth-order valence-electron chi connectivity index (χ4n) is 3.56. The highest BCUT2D eigenvalue weighted by Gasteiger charge is 2.32. The topological polar surface area (TPSA) is 15.6 Å². The molecule has 2 nitrogen and oxygen atoms in total. The number of hydrogen-bond donors (Lipinski definition) is 0. The van der Waals surface area contributed by atoms with E-state index in [1.807, 2.05) is 0 Å². The van der Waals surface area contributed by atoms with Gasteiger partial charge in [0.25, 0.3) is 0 Å². The summed E-state index contributed by atoms with van der Waals surface area (Å²) in [4.78, 5) is 7.50. The van der Waals surface area contributed by atoms with Gasteiger partial charge >= 0.3 is 0 Å². The van der Waals surface area contributed by atoms with Crippen LogP contribution in [0, 0.1) is 12.8 Å². The van der Waals surface area contributed by atoms with Gasteiger partial charge in [-0.05, 0) is 45.1 Å². The lowest BCUT2D eigenvalue weighted by Gasteiger charge is -2.26. The lowest BCUT2D eigenvalue weighted by molar-refractivity contribution is 0.320. The second-order valence-electron chi connectivity index (χ2n) is 8.12. The summed E-state index contributed by atoms with van der Waals surface area (Å²) in [7, 11) is 0. The van der Waals surface area contributed by atoms with E-state index in [2.05, 4.69) is 87.2 Å². The maximum absolute atomic E-state index is 5.02. The first-order valence-corrected chi connectivity index (χ1v) is 9.39. The lowest BCUT2D eigenvalue weighted by atomic mass is 9.99. The van der Waals surface area contributed by atoms with Crippen molar-refractivity contribution in [2.75, 3.05) is 13.1 Å². The number of amidine groups is 1. The Balaban J connectivity index is 1.66. The molecular formula is C23H30N2. The van der Waals surface area contributed by atoms with Gasteiger partial charge in [0.1, 0.15) is 5.84 Å². The quantitative estimate of drug-likeness (QED) is 0.717. The molecule has 1 atom stereocenters. The Morgan fingerprint density at radius 2 is 1.72 bits per heavy atom. The van der Waals surface area contributed by atoms with Crippen molar-refractivity contribution in [1.82, 2.24) is 4.90 Å². The van der Waals surface area contributed by atoms with Gasteiger partial charge in [-0.3, -0.25) is 4.99 Å². The van der Waals surface area contributed by atoms with Gasteiger partial charge in [0, 0.05) is 18.7 Å². The fraction of sp³-hybridized carbons (Fsp3) is 0.435. The number of benzene rings is 2. The third kappa shape index (κ3) is 4.72. The summed E-state index contributed by atoms with van der Waals surface area (Å²) in [6.07, 6.45) is 2.36. The highest BCUT2D eigenvalue weighted by molar-refractivity contribution is 6.00. The molecule has 2 heteroatoms. The zero-order chi connectivity index (χ0) is 17.9. The summed E-state index contributed by atoms with van der Waals surface area (Å²) in [6, 6.07) is 19.6. The minimum atomic E-state index is -0.000626. The van der Waals surface area contributed by atoms with E-state index in [1.54, 1.807) is 0 Å². The molecule has 1 aliphatic heterocycles. The Bertz CT molecular complexity index is 714. The SMILES string of the molecule is Cc1ccc(C2=NC(C)(C)CN2CC(C)CCc2ccccc2)cc1. The first-order valence-electron chi connectivity index (χ1n) is 9.39. The van der Waals surface area contributed by atoms with Crippen molar-refractivity contribution in [2.24, 2.45) is 10.9 Å². The smallest absolute Gasteiger partial charge is 0.131 e. The van der Waals surface area contributed by atoms with Crippen LogP contribution in [-0.4, -0.2) is 29.4 Å². The zero-order valence-electron chi connectivity index (χ0n) is 16.0. The number of rotatable bonds is 6. The standard InChI is InChI=1S/C23H30N2/c1-18-11-14-21(15-12-18)22-24-23(3,4)17-25(22)16-19(2)10-13-20-8-6-5-7-9-20/h5-9,11-12,14-15,19H,10,13,16-17H2,1-4H3. The van der Waals surface area contributed by atoms with Crippen LogP contribution in [0.5, 0.6) is 0 Å².